The number of fused-ring (bicyclic) bond motifs is 2. The van der Waals surface area contributed by atoms with Crippen molar-refractivity contribution in [3.05, 3.63) is 54.4 Å². The van der Waals surface area contributed by atoms with Crippen LogP contribution >= 0.6 is 0 Å². The van der Waals surface area contributed by atoms with Gasteiger partial charge in [-0.1, -0.05) is 12.2 Å². The Labute approximate surface area is 173 Å². The van der Waals surface area contributed by atoms with Crippen molar-refractivity contribution in [2.45, 2.75) is 18.2 Å². The molecule has 2 N–H and O–H groups in total. The summed E-state index contributed by atoms with van der Waals surface area (Å²) in [5.74, 6) is -3.54. The van der Waals surface area contributed by atoms with Crippen LogP contribution in [0.15, 0.2) is 53.6 Å². The third kappa shape index (κ3) is 3.78. The first-order chi connectivity index (χ1) is 14.2. The van der Waals surface area contributed by atoms with Gasteiger partial charge in [-0.25, -0.2) is 23.1 Å². The Kier molecular flexibility index (Phi) is 5.02. The summed E-state index contributed by atoms with van der Waals surface area (Å²) in [7, 11) is -3.90. The van der Waals surface area contributed by atoms with E-state index in [4.69, 9.17) is 0 Å². The van der Waals surface area contributed by atoms with E-state index in [1.165, 1.54) is 30.5 Å². The Hall–Kier alpha value is -3.27. The predicted molar refractivity (Wildman–Crippen MR) is 105 cm³/mol. The molecule has 0 unspecified atom stereocenters. The molecule has 1 aromatic carbocycles. The van der Waals surface area contributed by atoms with Gasteiger partial charge in [-0.15, -0.1) is 0 Å². The van der Waals surface area contributed by atoms with Crippen LogP contribution in [0.5, 0.6) is 0 Å². The van der Waals surface area contributed by atoms with Crippen LogP contribution in [-0.2, 0) is 19.6 Å². The van der Waals surface area contributed by atoms with Gasteiger partial charge in [-0.2, -0.15) is 0 Å². The van der Waals surface area contributed by atoms with E-state index in [9.17, 15) is 23.1 Å². The van der Waals surface area contributed by atoms with Gasteiger partial charge in [0.05, 0.1) is 10.8 Å². The number of aliphatic carboxylic acids is 1. The van der Waals surface area contributed by atoms with E-state index in [1.807, 2.05) is 12.2 Å². The number of carbonyl (C=O) groups excluding carboxylic acids is 2. The standard InChI is InChI=1S/C20H20N4O5S/c1-11-8-9-21-20(22-11)24-30(28,29)15-6-4-14(5-7-15)23-18(25)16-12-2-3-13(10-12)17(16)19(26)27/h2-9,12-13,16-17H,10H2,1H3,(H,23,25)(H,26,27)(H,21,22,24)/p-1/t12-,13+,16+,17+/m1/s1. The van der Waals surface area contributed by atoms with Crippen molar-refractivity contribution in [2.24, 2.45) is 23.7 Å². The second kappa shape index (κ2) is 7.52. The summed E-state index contributed by atoms with van der Waals surface area (Å²) in [4.78, 5) is 32.0. The quantitative estimate of drug-likeness (QED) is 0.647. The number of allylic oxidation sites excluding steroid dienone is 2. The lowest BCUT2D eigenvalue weighted by Gasteiger charge is -2.27. The molecule has 0 radical (unpaired) electrons. The lowest BCUT2D eigenvalue weighted by molar-refractivity contribution is -0.313. The number of aromatic nitrogens is 2. The highest BCUT2D eigenvalue weighted by molar-refractivity contribution is 7.92. The monoisotopic (exact) mass is 427 g/mol. The van der Waals surface area contributed by atoms with Crippen molar-refractivity contribution >= 4 is 33.5 Å². The van der Waals surface area contributed by atoms with Crippen LogP contribution in [-0.4, -0.2) is 30.3 Å². The maximum atomic E-state index is 12.7. The minimum absolute atomic E-state index is 0.0268. The normalized spacial score (nSPS) is 24.6. The topological polar surface area (TPSA) is 141 Å². The highest BCUT2D eigenvalue weighted by Crippen LogP contribution is 2.48. The Morgan fingerprint density at radius 2 is 1.73 bits per heavy atom. The molecule has 4 atom stereocenters. The minimum Gasteiger partial charge on any atom is -0.550 e. The van der Waals surface area contributed by atoms with E-state index in [0.717, 1.165) is 0 Å². The molecule has 156 valence electrons. The first-order valence-electron chi connectivity index (χ1n) is 9.37. The van der Waals surface area contributed by atoms with Gasteiger partial charge in [-0.05, 0) is 55.5 Å². The van der Waals surface area contributed by atoms with Crippen LogP contribution in [0.3, 0.4) is 0 Å². The Morgan fingerprint density at radius 1 is 1.07 bits per heavy atom. The molecule has 1 saturated carbocycles. The van der Waals surface area contributed by atoms with Crippen LogP contribution in [0, 0.1) is 30.6 Å². The van der Waals surface area contributed by atoms with Crippen LogP contribution in [0.1, 0.15) is 12.1 Å². The maximum Gasteiger partial charge on any atom is 0.264 e. The number of benzene rings is 1. The zero-order valence-corrected chi connectivity index (χ0v) is 16.8. The number of amides is 1. The minimum atomic E-state index is -3.90. The van der Waals surface area contributed by atoms with Crippen molar-refractivity contribution < 1.29 is 23.1 Å². The Morgan fingerprint density at radius 3 is 2.37 bits per heavy atom. The number of hydrogen-bond acceptors (Lipinski definition) is 7. The molecular weight excluding hydrogens is 408 g/mol. The highest BCUT2D eigenvalue weighted by Gasteiger charge is 2.48. The van der Waals surface area contributed by atoms with Crippen LogP contribution in [0.2, 0.25) is 0 Å². The molecule has 2 aliphatic carbocycles. The number of carboxylic acids is 1. The van der Waals surface area contributed by atoms with E-state index >= 15 is 0 Å². The molecule has 0 saturated heterocycles. The van der Waals surface area contributed by atoms with Gasteiger partial charge in [0.1, 0.15) is 0 Å². The summed E-state index contributed by atoms with van der Waals surface area (Å²) in [6.07, 6.45) is 5.78. The molecule has 9 nitrogen and oxygen atoms in total. The number of sulfonamides is 1. The molecule has 2 bridgehead atoms. The number of aryl methyl sites for hydroxylation is 1. The van der Waals surface area contributed by atoms with Gasteiger partial charge in [-0.3, -0.25) is 4.79 Å². The molecule has 4 rings (SSSR count). The molecule has 1 amide bonds. The molecule has 2 aliphatic rings. The van der Waals surface area contributed by atoms with E-state index in [0.29, 0.717) is 17.8 Å². The predicted octanol–water partition coefficient (Wildman–Crippen LogP) is 0.713. The zero-order chi connectivity index (χ0) is 21.5. The fraction of sp³-hybridized carbons (Fsp3) is 0.300. The molecule has 10 heteroatoms. The summed E-state index contributed by atoms with van der Waals surface area (Å²) in [6, 6.07) is 7.21. The second-order valence-electron chi connectivity index (χ2n) is 7.46. The van der Waals surface area contributed by atoms with Crippen molar-refractivity contribution in [1.29, 1.82) is 0 Å². The van der Waals surface area contributed by atoms with Crippen molar-refractivity contribution in [1.82, 2.24) is 9.97 Å². The van der Waals surface area contributed by atoms with Crippen LogP contribution in [0.4, 0.5) is 11.6 Å². The van der Waals surface area contributed by atoms with Gasteiger partial charge in [0, 0.05) is 29.5 Å². The Balaban J connectivity index is 1.46. The number of anilines is 2. The summed E-state index contributed by atoms with van der Waals surface area (Å²) in [5.41, 5.74) is 0.987. The molecule has 30 heavy (non-hydrogen) atoms. The lowest BCUT2D eigenvalue weighted by atomic mass is 9.82. The third-order valence-corrected chi connectivity index (χ3v) is 6.83. The fourth-order valence-electron chi connectivity index (χ4n) is 4.12. The van der Waals surface area contributed by atoms with Crippen molar-refractivity contribution in [2.75, 3.05) is 10.0 Å². The van der Waals surface area contributed by atoms with E-state index in [-0.39, 0.29) is 22.7 Å². The van der Waals surface area contributed by atoms with E-state index in [2.05, 4.69) is 20.0 Å². The first-order valence-corrected chi connectivity index (χ1v) is 10.9. The number of nitrogens with zero attached hydrogens (tertiary/aromatic N) is 2. The van der Waals surface area contributed by atoms with Crippen LogP contribution in [0.25, 0.3) is 0 Å². The smallest absolute Gasteiger partial charge is 0.264 e. The van der Waals surface area contributed by atoms with Gasteiger partial charge >= 0.3 is 0 Å². The number of carboxylic acid groups (broad SMARTS) is 1. The fourth-order valence-corrected chi connectivity index (χ4v) is 5.07. The van der Waals surface area contributed by atoms with Gasteiger partial charge in [0.15, 0.2) is 0 Å². The SMILES string of the molecule is Cc1ccnc(NS(=O)(=O)c2ccc(NC(=O)[C@@H]3[C@@H](C(=O)[O-])[C@H]4C=C[C@@H]3C4)cc2)n1. The molecule has 0 spiro atoms. The number of rotatable bonds is 6. The highest BCUT2D eigenvalue weighted by atomic mass is 32.2. The van der Waals surface area contributed by atoms with Gasteiger partial charge in [0.2, 0.25) is 11.9 Å². The number of hydrogen-bond donors (Lipinski definition) is 2. The lowest BCUT2D eigenvalue weighted by Crippen LogP contribution is -2.42. The molecule has 0 aliphatic heterocycles. The first kappa shape index (κ1) is 20.0. The Bertz CT molecular complexity index is 1130. The third-order valence-electron chi connectivity index (χ3n) is 5.49. The average molecular weight is 427 g/mol. The second-order valence-corrected chi connectivity index (χ2v) is 9.14. The molecule has 2 aromatic rings. The van der Waals surface area contributed by atoms with E-state index in [1.54, 1.807) is 13.0 Å². The molecule has 1 aromatic heterocycles. The van der Waals surface area contributed by atoms with Crippen molar-refractivity contribution in [3.63, 3.8) is 0 Å². The molecular formula is C20H19N4O5S-. The molecule has 1 heterocycles. The zero-order valence-electron chi connectivity index (χ0n) is 16.0. The van der Waals surface area contributed by atoms with E-state index < -0.39 is 33.7 Å². The van der Waals surface area contributed by atoms with Crippen molar-refractivity contribution in [3.8, 4) is 0 Å². The summed E-state index contributed by atoms with van der Waals surface area (Å²) in [5, 5.41) is 14.2. The molecule has 1 fully saturated rings. The number of carbonyl (C=O) groups is 2. The maximum absolute atomic E-state index is 12.7. The average Bonchev–Trinajstić information content (AvgIpc) is 3.29. The summed E-state index contributed by atoms with van der Waals surface area (Å²) in [6.45, 7) is 1.72. The van der Waals surface area contributed by atoms with Crippen LogP contribution < -0.4 is 15.1 Å². The largest absolute Gasteiger partial charge is 0.550 e. The van der Waals surface area contributed by atoms with Gasteiger partial charge in [0.25, 0.3) is 10.0 Å². The summed E-state index contributed by atoms with van der Waals surface area (Å²) >= 11 is 0. The number of nitrogens with one attached hydrogen (secondary N) is 2. The van der Waals surface area contributed by atoms with Gasteiger partial charge < -0.3 is 15.2 Å². The summed E-state index contributed by atoms with van der Waals surface area (Å²) < 4.78 is 27.3.